The molecule has 4 nitrogen and oxygen atoms in total. The third kappa shape index (κ3) is 4.81. The van der Waals surface area contributed by atoms with Gasteiger partial charge in [-0.25, -0.2) is 0 Å². The Morgan fingerprint density at radius 2 is 2.33 bits per heavy atom. The Bertz CT molecular complexity index is 449. The molecule has 1 heterocycles. The molecule has 1 aliphatic carbocycles. The second-order valence-electron chi connectivity index (χ2n) is 6.37. The maximum atomic E-state index is 11.9. The van der Waals surface area contributed by atoms with Crippen molar-refractivity contribution >= 4 is 5.91 Å². The smallest absolute Gasteiger partial charge is 0.220 e. The predicted molar refractivity (Wildman–Crippen MR) is 82.8 cm³/mol. The normalized spacial score (nSPS) is 25.5. The molecule has 1 saturated carbocycles. The number of rotatable bonds is 6. The molecule has 0 aromatic carbocycles. The molecule has 21 heavy (non-hydrogen) atoms. The monoisotopic (exact) mass is 290 g/mol. The number of hydrogen-bond donors (Lipinski definition) is 2. The van der Waals surface area contributed by atoms with E-state index in [1.54, 1.807) is 6.20 Å². The first-order chi connectivity index (χ1) is 10.1. The minimum Gasteiger partial charge on any atom is -0.392 e. The minimum absolute atomic E-state index is 0.0740. The van der Waals surface area contributed by atoms with Crippen LogP contribution in [0, 0.1) is 5.41 Å². The number of nitrogens with zero attached hydrogens (tertiary/aromatic N) is 1. The van der Waals surface area contributed by atoms with Crippen LogP contribution in [0.4, 0.5) is 0 Å². The quantitative estimate of drug-likeness (QED) is 0.846. The average Bonchev–Trinajstić information content (AvgIpc) is 2.50. The highest BCUT2D eigenvalue weighted by molar-refractivity contribution is 5.75. The van der Waals surface area contributed by atoms with Gasteiger partial charge in [0.1, 0.15) is 0 Å². The second-order valence-corrected chi connectivity index (χ2v) is 6.37. The van der Waals surface area contributed by atoms with Gasteiger partial charge in [-0.15, -0.1) is 0 Å². The number of carbonyl (C=O) groups excluding carboxylic acids is 1. The van der Waals surface area contributed by atoms with Crippen LogP contribution in [0.15, 0.2) is 24.4 Å². The van der Waals surface area contributed by atoms with E-state index in [1.807, 2.05) is 18.2 Å². The molecule has 0 spiro atoms. The molecule has 0 aliphatic heterocycles. The number of amides is 1. The van der Waals surface area contributed by atoms with E-state index in [0.29, 0.717) is 13.0 Å². The fraction of sp³-hybridized carbons (Fsp3) is 0.647. The van der Waals surface area contributed by atoms with Gasteiger partial charge in [-0.1, -0.05) is 25.8 Å². The summed E-state index contributed by atoms with van der Waals surface area (Å²) in [4.78, 5) is 16.2. The van der Waals surface area contributed by atoms with E-state index in [-0.39, 0.29) is 17.4 Å². The van der Waals surface area contributed by atoms with Crippen LogP contribution >= 0.6 is 0 Å². The standard InChI is InChI=1S/C17H26N2O2/c1-17(11-4-2-9-15(17)20)13-19-16(21)10-6-8-14-7-3-5-12-18-14/h3,5,7,12,15,20H,2,4,6,8-11,13H2,1H3,(H,19,21)/t15-,17-/m0/s1. The molecule has 0 bridgehead atoms. The van der Waals surface area contributed by atoms with Crippen LogP contribution in [-0.2, 0) is 11.2 Å². The Morgan fingerprint density at radius 3 is 3.05 bits per heavy atom. The molecule has 4 heteroatoms. The van der Waals surface area contributed by atoms with Crippen molar-refractivity contribution in [1.29, 1.82) is 0 Å². The highest BCUT2D eigenvalue weighted by atomic mass is 16.3. The minimum atomic E-state index is -0.292. The zero-order valence-electron chi connectivity index (χ0n) is 12.8. The van der Waals surface area contributed by atoms with Crippen LogP contribution in [-0.4, -0.2) is 28.6 Å². The van der Waals surface area contributed by atoms with E-state index >= 15 is 0 Å². The van der Waals surface area contributed by atoms with E-state index in [0.717, 1.165) is 44.2 Å². The summed E-state index contributed by atoms with van der Waals surface area (Å²) in [6, 6.07) is 5.84. The maximum Gasteiger partial charge on any atom is 0.220 e. The molecule has 1 aromatic heterocycles. The second kappa shape index (κ2) is 7.55. The molecule has 1 fully saturated rings. The maximum absolute atomic E-state index is 11.9. The van der Waals surface area contributed by atoms with Crippen molar-refractivity contribution in [3.05, 3.63) is 30.1 Å². The van der Waals surface area contributed by atoms with E-state index in [1.165, 1.54) is 0 Å². The number of nitrogens with one attached hydrogen (secondary N) is 1. The van der Waals surface area contributed by atoms with E-state index in [9.17, 15) is 9.90 Å². The van der Waals surface area contributed by atoms with Crippen molar-refractivity contribution in [3.63, 3.8) is 0 Å². The van der Waals surface area contributed by atoms with E-state index in [4.69, 9.17) is 0 Å². The number of carbonyl (C=O) groups is 1. The number of aliphatic hydroxyl groups excluding tert-OH is 1. The molecule has 1 amide bonds. The lowest BCUT2D eigenvalue weighted by Crippen LogP contribution is -2.45. The van der Waals surface area contributed by atoms with E-state index in [2.05, 4.69) is 17.2 Å². The van der Waals surface area contributed by atoms with Crippen LogP contribution in [0.25, 0.3) is 0 Å². The molecule has 0 saturated heterocycles. The van der Waals surface area contributed by atoms with Gasteiger partial charge in [-0.2, -0.15) is 0 Å². The summed E-state index contributed by atoms with van der Waals surface area (Å²) >= 11 is 0. The topological polar surface area (TPSA) is 62.2 Å². The van der Waals surface area contributed by atoms with Gasteiger partial charge in [0.05, 0.1) is 6.10 Å². The molecule has 1 aromatic rings. The molecule has 2 atom stereocenters. The first-order valence-corrected chi connectivity index (χ1v) is 7.95. The van der Waals surface area contributed by atoms with Gasteiger partial charge in [0.25, 0.3) is 0 Å². The Hall–Kier alpha value is -1.42. The lowest BCUT2D eigenvalue weighted by Gasteiger charge is -2.38. The van der Waals surface area contributed by atoms with Crippen LogP contribution in [0.3, 0.4) is 0 Å². The number of aliphatic hydroxyl groups is 1. The van der Waals surface area contributed by atoms with Crippen LogP contribution < -0.4 is 5.32 Å². The van der Waals surface area contributed by atoms with Crippen LogP contribution in [0.5, 0.6) is 0 Å². The van der Waals surface area contributed by atoms with Gasteiger partial charge in [-0.3, -0.25) is 9.78 Å². The molecular weight excluding hydrogens is 264 g/mol. The Kier molecular flexibility index (Phi) is 5.74. The Morgan fingerprint density at radius 1 is 1.48 bits per heavy atom. The highest BCUT2D eigenvalue weighted by Crippen LogP contribution is 2.35. The SMILES string of the molecule is C[C@@]1(CNC(=O)CCCc2ccccn2)CCCC[C@@H]1O. The van der Waals surface area contributed by atoms with Crippen LogP contribution in [0.1, 0.15) is 51.1 Å². The molecule has 0 unspecified atom stereocenters. The van der Waals surface area contributed by atoms with Gasteiger partial charge in [0.2, 0.25) is 5.91 Å². The van der Waals surface area contributed by atoms with Crippen LogP contribution in [0.2, 0.25) is 0 Å². The summed E-state index contributed by atoms with van der Waals surface area (Å²) in [6.45, 7) is 2.65. The third-order valence-electron chi connectivity index (χ3n) is 4.53. The molecule has 2 rings (SSSR count). The van der Waals surface area contributed by atoms with Crippen molar-refractivity contribution in [2.45, 2.75) is 58.0 Å². The zero-order chi connectivity index (χ0) is 15.1. The van der Waals surface area contributed by atoms with Gasteiger partial charge < -0.3 is 10.4 Å². The van der Waals surface area contributed by atoms with Crippen molar-refractivity contribution in [3.8, 4) is 0 Å². The molecule has 0 radical (unpaired) electrons. The average molecular weight is 290 g/mol. The molecule has 116 valence electrons. The summed E-state index contributed by atoms with van der Waals surface area (Å²) in [6.07, 6.45) is 7.71. The fourth-order valence-corrected chi connectivity index (χ4v) is 2.95. The molecule has 1 aliphatic rings. The van der Waals surface area contributed by atoms with E-state index < -0.39 is 0 Å². The lowest BCUT2D eigenvalue weighted by atomic mass is 9.73. The zero-order valence-corrected chi connectivity index (χ0v) is 12.8. The lowest BCUT2D eigenvalue weighted by molar-refractivity contribution is -0.122. The Labute approximate surface area is 127 Å². The van der Waals surface area contributed by atoms with Gasteiger partial charge in [0.15, 0.2) is 0 Å². The number of pyridine rings is 1. The highest BCUT2D eigenvalue weighted by Gasteiger charge is 2.35. The summed E-state index contributed by atoms with van der Waals surface area (Å²) in [7, 11) is 0. The molecular formula is C17H26N2O2. The summed E-state index contributed by atoms with van der Waals surface area (Å²) in [5, 5.41) is 13.1. The largest absolute Gasteiger partial charge is 0.392 e. The number of hydrogen-bond acceptors (Lipinski definition) is 3. The predicted octanol–water partition coefficient (Wildman–Crippen LogP) is 2.46. The van der Waals surface area contributed by atoms with Crippen molar-refractivity contribution in [2.75, 3.05) is 6.54 Å². The number of aryl methyl sites for hydroxylation is 1. The van der Waals surface area contributed by atoms with Gasteiger partial charge in [0, 0.05) is 30.3 Å². The Balaban J connectivity index is 1.67. The summed E-state index contributed by atoms with van der Waals surface area (Å²) in [5.74, 6) is 0.0740. The summed E-state index contributed by atoms with van der Waals surface area (Å²) in [5.41, 5.74) is 0.870. The summed E-state index contributed by atoms with van der Waals surface area (Å²) < 4.78 is 0. The molecule has 2 N–H and O–H groups in total. The van der Waals surface area contributed by atoms with Crippen molar-refractivity contribution < 1.29 is 9.90 Å². The van der Waals surface area contributed by atoms with Gasteiger partial charge in [-0.05, 0) is 37.8 Å². The number of aromatic nitrogens is 1. The fourth-order valence-electron chi connectivity index (χ4n) is 2.95. The third-order valence-corrected chi connectivity index (χ3v) is 4.53. The van der Waals surface area contributed by atoms with Gasteiger partial charge >= 0.3 is 0 Å². The first kappa shape index (κ1) is 16.0. The first-order valence-electron chi connectivity index (χ1n) is 7.95. The van der Waals surface area contributed by atoms with Crippen molar-refractivity contribution in [1.82, 2.24) is 10.3 Å². The van der Waals surface area contributed by atoms with Crippen molar-refractivity contribution in [2.24, 2.45) is 5.41 Å².